The Bertz CT molecular complexity index is 816. The van der Waals surface area contributed by atoms with E-state index >= 15 is 0 Å². The molecule has 0 saturated carbocycles. The summed E-state index contributed by atoms with van der Waals surface area (Å²) in [5.41, 5.74) is 3.19. The molecule has 6 nitrogen and oxygen atoms in total. The van der Waals surface area contributed by atoms with Crippen LogP contribution in [0.3, 0.4) is 0 Å². The third-order valence-corrected chi connectivity index (χ3v) is 3.85. The van der Waals surface area contributed by atoms with Crippen LogP contribution in [0, 0.1) is 0 Å². The topological polar surface area (TPSA) is 62.1 Å². The Balaban J connectivity index is 1.87. The molecule has 6 heteroatoms. The van der Waals surface area contributed by atoms with Crippen LogP contribution in [0.4, 0.5) is 0 Å². The SMILES string of the molecule is CCOc1cccc(-c2cccc(-c3nnnn3CCCOC)c2)c1. The minimum absolute atomic E-state index is 0.653. The number of aryl methyl sites for hydroxylation is 1. The summed E-state index contributed by atoms with van der Waals surface area (Å²) in [5.74, 6) is 1.63. The van der Waals surface area contributed by atoms with Gasteiger partial charge in [-0.15, -0.1) is 5.10 Å². The molecule has 0 aliphatic rings. The van der Waals surface area contributed by atoms with Crippen molar-refractivity contribution in [3.05, 3.63) is 48.5 Å². The van der Waals surface area contributed by atoms with Gasteiger partial charge in [-0.2, -0.15) is 0 Å². The Morgan fingerprint density at radius 3 is 2.56 bits per heavy atom. The van der Waals surface area contributed by atoms with E-state index in [1.807, 2.05) is 41.9 Å². The standard InChI is InChI=1S/C19H22N4O2/c1-3-25-18-10-5-8-16(14-18)15-7-4-9-17(13-15)19-20-21-22-23(19)11-6-12-24-2/h4-5,7-10,13-14H,3,6,11-12H2,1-2H3. The lowest BCUT2D eigenvalue weighted by atomic mass is 10.0. The van der Waals surface area contributed by atoms with Crippen molar-refractivity contribution in [3.8, 4) is 28.3 Å². The average molecular weight is 338 g/mol. The summed E-state index contributed by atoms with van der Waals surface area (Å²) in [6.45, 7) is 4.04. The van der Waals surface area contributed by atoms with Gasteiger partial charge in [-0.1, -0.05) is 30.3 Å². The van der Waals surface area contributed by atoms with Crippen LogP contribution in [0.1, 0.15) is 13.3 Å². The van der Waals surface area contributed by atoms with Gasteiger partial charge < -0.3 is 9.47 Å². The average Bonchev–Trinajstić information content (AvgIpc) is 3.11. The van der Waals surface area contributed by atoms with Crippen LogP contribution in [0.2, 0.25) is 0 Å². The first-order valence-electron chi connectivity index (χ1n) is 8.40. The number of benzene rings is 2. The third-order valence-electron chi connectivity index (χ3n) is 3.85. The summed E-state index contributed by atoms with van der Waals surface area (Å²) in [6, 6.07) is 16.3. The highest BCUT2D eigenvalue weighted by Gasteiger charge is 2.10. The largest absolute Gasteiger partial charge is 0.494 e. The normalized spacial score (nSPS) is 10.8. The molecule has 0 fully saturated rings. The van der Waals surface area contributed by atoms with Gasteiger partial charge >= 0.3 is 0 Å². The van der Waals surface area contributed by atoms with Crippen LogP contribution in [0.25, 0.3) is 22.5 Å². The molecule has 3 aromatic rings. The van der Waals surface area contributed by atoms with E-state index in [2.05, 4.69) is 33.7 Å². The molecule has 0 unspecified atom stereocenters. The lowest BCUT2D eigenvalue weighted by Crippen LogP contribution is -2.05. The Morgan fingerprint density at radius 1 is 1.00 bits per heavy atom. The molecule has 0 saturated heterocycles. The zero-order valence-electron chi connectivity index (χ0n) is 14.6. The van der Waals surface area contributed by atoms with Gasteiger partial charge in [0.05, 0.1) is 6.61 Å². The fourth-order valence-electron chi connectivity index (χ4n) is 2.69. The maximum atomic E-state index is 5.60. The lowest BCUT2D eigenvalue weighted by molar-refractivity contribution is 0.189. The molecule has 0 bridgehead atoms. The lowest BCUT2D eigenvalue weighted by Gasteiger charge is -2.08. The van der Waals surface area contributed by atoms with Gasteiger partial charge in [0.15, 0.2) is 5.82 Å². The molecule has 0 aliphatic heterocycles. The van der Waals surface area contributed by atoms with Crippen LogP contribution in [-0.2, 0) is 11.3 Å². The van der Waals surface area contributed by atoms with E-state index in [1.54, 1.807) is 7.11 Å². The molecule has 0 atom stereocenters. The Labute approximate surface area is 147 Å². The van der Waals surface area contributed by atoms with E-state index in [9.17, 15) is 0 Å². The summed E-state index contributed by atoms with van der Waals surface area (Å²) in [6.07, 6.45) is 0.866. The molecule has 0 aliphatic carbocycles. The predicted molar refractivity (Wildman–Crippen MR) is 96.4 cm³/mol. The van der Waals surface area contributed by atoms with Crippen molar-refractivity contribution in [1.82, 2.24) is 20.2 Å². The third kappa shape index (κ3) is 4.22. The first-order chi connectivity index (χ1) is 12.3. The number of hydrogen-bond acceptors (Lipinski definition) is 5. The van der Waals surface area contributed by atoms with Gasteiger partial charge in [0.2, 0.25) is 0 Å². The molecule has 25 heavy (non-hydrogen) atoms. The minimum atomic E-state index is 0.653. The van der Waals surface area contributed by atoms with Crippen molar-refractivity contribution in [3.63, 3.8) is 0 Å². The van der Waals surface area contributed by atoms with Crippen LogP contribution >= 0.6 is 0 Å². The van der Waals surface area contributed by atoms with Gasteiger partial charge in [-0.3, -0.25) is 0 Å². The van der Waals surface area contributed by atoms with Crippen LogP contribution in [0.15, 0.2) is 48.5 Å². The molecular formula is C19H22N4O2. The van der Waals surface area contributed by atoms with E-state index in [0.717, 1.165) is 41.2 Å². The predicted octanol–water partition coefficient (Wildman–Crippen LogP) is 3.44. The van der Waals surface area contributed by atoms with Crippen molar-refractivity contribution < 1.29 is 9.47 Å². The zero-order chi connectivity index (χ0) is 17.5. The van der Waals surface area contributed by atoms with Gasteiger partial charge in [-0.25, -0.2) is 4.68 Å². The molecule has 0 spiro atoms. The molecule has 130 valence electrons. The van der Waals surface area contributed by atoms with Crippen molar-refractivity contribution in [1.29, 1.82) is 0 Å². The summed E-state index contributed by atoms with van der Waals surface area (Å²) in [4.78, 5) is 0. The van der Waals surface area contributed by atoms with Gasteiger partial charge in [-0.05, 0) is 53.1 Å². The maximum absolute atomic E-state index is 5.60. The number of ether oxygens (including phenoxy) is 2. The number of aromatic nitrogens is 4. The fourth-order valence-corrected chi connectivity index (χ4v) is 2.69. The highest BCUT2D eigenvalue weighted by Crippen LogP contribution is 2.27. The first kappa shape index (κ1) is 17.1. The van der Waals surface area contributed by atoms with E-state index < -0.39 is 0 Å². The Kier molecular flexibility index (Phi) is 5.74. The Morgan fingerprint density at radius 2 is 1.76 bits per heavy atom. The first-order valence-corrected chi connectivity index (χ1v) is 8.40. The zero-order valence-corrected chi connectivity index (χ0v) is 14.6. The molecule has 3 rings (SSSR count). The van der Waals surface area contributed by atoms with Crippen molar-refractivity contribution in [2.75, 3.05) is 20.3 Å². The van der Waals surface area contributed by atoms with Crippen molar-refractivity contribution in [2.24, 2.45) is 0 Å². The summed E-state index contributed by atoms with van der Waals surface area (Å²) in [5, 5.41) is 12.1. The van der Waals surface area contributed by atoms with Crippen molar-refractivity contribution >= 4 is 0 Å². The monoisotopic (exact) mass is 338 g/mol. The smallest absolute Gasteiger partial charge is 0.182 e. The molecular weight excluding hydrogens is 316 g/mol. The quantitative estimate of drug-likeness (QED) is 0.589. The van der Waals surface area contributed by atoms with Crippen LogP contribution in [0.5, 0.6) is 5.75 Å². The van der Waals surface area contributed by atoms with Crippen LogP contribution < -0.4 is 4.74 Å². The molecule has 1 aromatic heterocycles. The second kappa shape index (κ2) is 8.39. The molecule has 0 amide bonds. The molecule has 1 heterocycles. The van der Waals surface area contributed by atoms with E-state index in [-0.39, 0.29) is 0 Å². The van der Waals surface area contributed by atoms with E-state index in [1.165, 1.54) is 0 Å². The van der Waals surface area contributed by atoms with Gasteiger partial charge in [0.25, 0.3) is 0 Å². The van der Waals surface area contributed by atoms with Crippen LogP contribution in [-0.4, -0.2) is 40.5 Å². The minimum Gasteiger partial charge on any atom is -0.494 e. The summed E-state index contributed by atoms with van der Waals surface area (Å²) < 4.78 is 12.5. The number of hydrogen-bond donors (Lipinski definition) is 0. The van der Waals surface area contributed by atoms with Gasteiger partial charge in [0.1, 0.15) is 5.75 Å². The number of methoxy groups -OCH3 is 1. The van der Waals surface area contributed by atoms with E-state index in [4.69, 9.17) is 9.47 Å². The van der Waals surface area contributed by atoms with Gasteiger partial charge in [0, 0.05) is 25.8 Å². The summed E-state index contributed by atoms with van der Waals surface area (Å²) >= 11 is 0. The number of nitrogens with zero attached hydrogens (tertiary/aromatic N) is 4. The molecule has 0 radical (unpaired) electrons. The Hall–Kier alpha value is -2.73. The van der Waals surface area contributed by atoms with E-state index in [0.29, 0.717) is 13.2 Å². The second-order valence-corrected chi connectivity index (χ2v) is 5.61. The molecule has 0 N–H and O–H groups in total. The highest BCUT2D eigenvalue weighted by atomic mass is 16.5. The number of rotatable bonds is 8. The maximum Gasteiger partial charge on any atom is 0.182 e. The second-order valence-electron chi connectivity index (χ2n) is 5.61. The van der Waals surface area contributed by atoms with Crippen molar-refractivity contribution in [2.45, 2.75) is 19.9 Å². The number of tetrazole rings is 1. The fraction of sp³-hybridized carbons (Fsp3) is 0.316. The molecule has 2 aromatic carbocycles. The summed E-state index contributed by atoms with van der Waals surface area (Å²) in [7, 11) is 1.69. The highest BCUT2D eigenvalue weighted by molar-refractivity contribution is 5.71.